The van der Waals surface area contributed by atoms with Gasteiger partial charge in [0.05, 0.1) is 36.1 Å². The van der Waals surface area contributed by atoms with Gasteiger partial charge < -0.3 is 10.1 Å². The lowest BCUT2D eigenvalue weighted by molar-refractivity contribution is -0.406. The summed E-state index contributed by atoms with van der Waals surface area (Å²) in [5, 5.41) is 4.38. The number of methoxy groups -OCH3 is 1. The first kappa shape index (κ1) is 19.5. The van der Waals surface area contributed by atoms with Crippen LogP contribution in [0.25, 0.3) is 17.3 Å². The Balaban J connectivity index is 1.57. The van der Waals surface area contributed by atoms with Crippen LogP contribution in [0.15, 0.2) is 10.7 Å². The van der Waals surface area contributed by atoms with E-state index in [1.54, 1.807) is 12.3 Å². The number of ketones is 1. The number of fused-ring (bicyclic) bond motifs is 7. The van der Waals surface area contributed by atoms with Gasteiger partial charge in [0.25, 0.3) is 5.69 Å². The minimum atomic E-state index is -0.438. The Bertz CT molecular complexity index is 1270. The number of esters is 1. The molecule has 4 aliphatic rings. The average Bonchev–Trinajstić information content (AvgIpc) is 3.44. The van der Waals surface area contributed by atoms with Crippen molar-refractivity contribution < 1.29 is 23.9 Å². The minimum Gasteiger partial charge on any atom is -0.469 e. The molecule has 8 nitrogen and oxygen atoms in total. The predicted molar refractivity (Wildman–Crippen MR) is 113 cm³/mol. The van der Waals surface area contributed by atoms with Gasteiger partial charge in [0, 0.05) is 52.3 Å². The molecule has 1 amide bonds. The number of rotatable bonds is 5. The molecule has 5 rings (SSSR count). The number of benzene rings is 1. The van der Waals surface area contributed by atoms with E-state index >= 15 is 0 Å². The van der Waals surface area contributed by atoms with E-state index in [2.05, 4.69) is 15.0 Å². The van der Waals surface area contributed by atoms with Gasteiger partial charge in [0.1, 0.15) is 0 Å². The van der Waals surface area contributed by atoms with E-state index in [-0.39, 0.29) is 37.5 Å². The molecule has 0 saturated carbocycles. The van der Waals surface area contributed by atoms with Crippen LogP contribution in [0.2, 0.25) is 0 Å². The summed E-state index contributed by atoms with van der Waals surface area (Å²) in [6.45, 7) is 0.184. The Kier molecular flexibility index (Phi) is 4.64. The molecule has 0 saturated heterocycles. The average molecular weight is 420 g/mol. The third kappa shape index (κ3) is 3.05. The van der Waals surface area contributed by atoms with Crippen LogP contribution in [0, 0.1) is 4.91 Å². The molecular formula is C23H22N3O5+. The molecule has 2 heterocycles. The SMILES string of the molecule is COC(=O)CCC(=O)NCC1=c2c(c3c(c4c2=CC(=O)C4)[N+](=O)C2=C3CCCC2)C=N1. The van der Waals surface area contributed by atoms with Crippen LogP contribution < -0.4 is 15.8 Å². The molecule has 31 heavy (non-hydrogen) atoms. The maximum Gasteiger partial charge on any atom is 0.306 e. The van der Waals surface area contributed by atoms with Crippen molar-refractivity contribution in [1.29, 1.82) is 0 Å². The molecule has 2 aliphatic carbocycles. The molecule has 1 N–H and O–H groups in total. The number of Topliss-reactive ketones (excluding diaryl/α,β-unsaturated/α-hetero) is 1. The summed E-state index contributed by atoms with van der Waals surface area (Å²) in [5.74, 6) is -0.744. The third-order valence-corrected chi connectivity index (χ3v) is 6.38. The Morgan fingerprint density at radius 2 is 2.03 bits per heavy atom. The molecular weight excluding hydrogens is 398 g/mol. The lowest BCUT2D eigenvalue weighted by atomic mass is 9.88. The number of carbonyl (C=O) groups is 3. The van der Waals surface area contributed by atoms with Crippen molar-refractivity contribution >= 4 is 46.9 Å². The summed E-state index contributed by atoms with van der Waals surface area (Å²) in [4.78, 5) is 53.4. The van der Waals surface area contributed by atoms with Gasteiger partial charge in [-0.15, -0.1) is 0 Å². The van der Waals surface area contributed by atoms with Gasteiger partial charge in [0.15, 0.2) is 5.78 Å². The van der Waals surface area contributed by atoms with Gasteiger partial charge in [-0.25, -0.2) is 0 Å². The fourth-order valence-electron chi connectivity index (χ4n) is 4.97. The van der Waals surface area contributed by atoms with Crippen molar-refractivity contribution in [2.75, 3.05) is 13.7 Å². The zero-order valence-corrected chi connectivity index (χ0v) is 17.2. The van der Waals surface area contributed by atoms with E-state index in [1.807, 2.05) is 0 Å². The molecule has 1 aromatic rings. The van der Waals surface area contributed by atoms with E-state index in [0.717, 1.165) is 68.8 Å². The van der Waals surface area contributed by atoms with E-state index in [4.69, 9.17) is 0 Å². The molecule has 0 bridgehead atoms. The molecule has 0 spiro atoms. The van der Waals surface area contributed by atoms with Crippen molar-refractivity contribution in [3.8, 4) is 0 Å². The first-order valence-electron chi connectivity index (χ1n) is 10.5. The van der Waals surface area contributed by atoms with Crippen LogP contribution in [-0.2, 0) is 25.5 Å². The number of nitrogens with one attached hydrogen (secondary N) is 1. The van der Waals surface area contributed by atoms with Crippen LogP contribution in [0.5, 0.6) is 0 Å². The second-order valence-electron chi connectivity index (χ2n) is 8.18. The summed E-state index contributed by atoms with van der Waals surface area (Å²) in [5.41, 5.74) is 5.71. The zero-order chi connectivity index (χ0) is 21.7. The van der Waals surface area contributed by atoms with Gasteiger partial charge in [-0.2, -0.15) is 0 Å². The van der Waals surface area contributed by atoms with E-state index in [0.29, 0.717) is 11.4 Å². The van der Waals surface area contributed by atoms with Crippen molar-refractivity contribution in [3.63, 3.8) is 0 Å². The number of amides is 1. The predicted octanol–water partition coefficient (Wildman–Crippen LogP) is 0.911. The summed E-state index contributed by atoms with van der Waals surface area (Å²) in [6.07, 6.45) is 7.21. The van der Waals surface area contributed by atoms with Crippen molar-refractivity contribution in [2.24, 2.45) is 4.99 Å². The highest BCUT2D eigenvalue weighted by molar-refractivity contribution is 6.12. The first-order chi connectivity index (χ1) is 15.0. The maximum atomic E-state index is 13.1. The highest BCUT2D eigenvalue weighted by atomic mass is 16.5. The number of nitrogens with zero attached hydrogens (tertiary/aromatic N) is 2. The largest absolute Gasteiger partial charge is 0.469 e. The topological polar surface area (TPSA) is 105 Å². The normalized spacial score (nSPS) is 17.9. The van der Waals surface area contributed by atoms with Crippen LogP contribution in [0.3, 0.4) is 0 Å². The number of aliphatic imine (C=N–C) groups is 1. The molecule has 1 aromatic carbocycles. The molecule has 0 atom stereocenters. The van der Waals surface area contributed by atoms with E-state index in [9.17, 15) is 19.3 Å². The number of nitroso groups, excluding NO2 is 1. The second kappa shape index (κ2) is 7.37. The summed E-state index contributed by atoms with van der Waals surface area (Å²) in [6, 6.07) is 0. The molecule has 0 radical (unpaired) electrons. The van der Waals surface area contributed by atoms with Crippen molar-refractivity contribution in [2.45, 2.75) is 44.9 Å². The monoisotopic (exact) mass is 420 g/mol. The Labute approximate surface area is 177 Å². The Morgan fingerprint density at radius 3 is 2.84 bits per heavy atom. The highest BCUT2D eigenvalue weighted by Crippen LogP contribution is 2.47. The van der Waals surface area contributed by atoms with Crippen molar-refractivity contribution in [3.05, 3.63) is 37.7 Å². The fourth-order valence-corrected chi connectivity index (χ4v) is 4.97. The zero-order valence-electron chi connectivity index (χ0n) is 17.2. The molecule has 0 fully saturated rings. The third-order valence-electron chi connectivity index (χ3n) is 6.38. The molecule has 2 aliphatic heterocycles. The lowest BCUT2D eigenvalue weighted by Gasteiger charge is -2.09. The molecule has 0 aromatic heterocycles. The van der Waals surface area contributed by atoms with Crippen LogP contribution in [-0.4, -0.2) is 42.3 Å². The fraction of sp³-hybridized carbons (Fsp3) is 0.391. The number of allylic oxidation sites excluding steroid dienone is 2. The highest BCUT2D eigenvalue weighted by Gasteiger charge is 2.45. The summed E-state index contributed by atoms with van der Waals surface area (Å²) in [7, 11) is 1.28. The van der Waals surface area contributed by atoms with Crippen molar-refractivity contribution in [1.82, 2.24) is 5.32 Å². The van der Waals surface area contributed by atoms with Crippen LogP contribution in [0.4, 0.5) is 5.69 Å². The molecule has 0 unspecified atom stereocenters. The summed E-state index contributed by atoms with van der Waals surface area (Å²) >= 11 is 0. The number of ether oxygens (including phenoxy) is 1. The van der Waals surface area contributed by atoms with Crippen LogP contribution in [0.1, 0.15) is 55.2 Å². The first-order valence-corrected chi connectivity index (χ1v) is 10.5. The smallest absolute Gasteiger partial charge is 0.306 e. The summed E-state index contributed by atoms with van der Waals surface area (Å²) < 4.78 is 5.60. The maximum absolute atomic E-state index is 13.1. The van der Waals surface area contributed by atoms with Gasteiger partial charge >= 0.3 is 5.97 Å². The van der Waals surface area contributed by atoms with Gasteiger partial charge in [-0.05, 0) is 30.6 Å². The second-order valence-corrected chi connectivity index (χ2v) is 8.18. The minimum absolute atomic E-state index is 0.0129. The van der Waals surface area contributed by atoms with E-state index in [1.165, 1.54) is 7.11 Å². The van der Waals surface area contributed by atoms with Gasteiger partial charge in [0.2, 0.25) is 11.6 Å². The number of hydrogen-bond acceptors (Lipinski definition) is 6. The van der Waals surface area contributed by atoms with E-state index < -0.39 is 5.97 Å². The van der Waals surface area contributed by atoms with Crippen LogP contribution >= 0.6 is 0 Å². The van der Waals surface area contributed by atoms with Gasteiger partial charge in [-0.1, -0.05) is 0 Å². The standard InChI is InChI=1S/C23H21N3O5/c1-31-20(29)7-6-19(28)25-11-17-21-14-8-12(27)9-15(14)23-22(16(21)10-24-17)13-4-2-3-5-18(13)26(23)30/h8,10H,2-7,9,11H2,1H3/p+1. The molecule has 8 heteroatoms. The lowest BCUT2D eigenvalue weighted by Crippen LogP contribution is -2.35. The Morgan fingerprint density at radius 1 is 1.23 bits per heavy atom. The molecule has 158 valence electrons. The number of carbonyl (C=O) groups excluding carboxylic acids is 3. The van der Waals surface area contributed by atoms with Gasteiger partial charge in [-0.3, -0.25) is 19.4 Å². The quantitative estimate of drug-likeness (QED) is 0.563. The Hall–Kier alpha value is -3.42. The number of hydrogen-bond donors (Lipinski definition) is 1.